The van der Waals surface area contributed by atoms with Gasteiger partial charge in [0.15, 0.2) is 5.16 Å². The highest BCUT2D eigenvalue weighted by molar-refractivity contribution is 7.98. The molecule has 6 heteroatoms. The van der Waals surface area contributed by atoms with E-state index in [-0.39, 0.29) is 11.4 Å². The second-order valence-corrected chi connectivity index (χ2v) is 5.50. The summed E-state index contributed by atoms with van der Waals surface area (Å²) in [6, 6.07) is 7.15. The third-order valence-corrected chi connectivity index (χ3v) is 3.79. The van der Waals surface area contributed by atoms with Crippen molar-refractivity contribution in [2.75, 3.05) is 0 Å². The van der Waals surface area contributed by atoms with E-state index in [2.05, 4.69) is 9.97 Å². The lowest BCUT2D eigenvalue weighted by Gasteiger charge is -2.07. The summed E-state index contributed by atoms with van der Waals surface area (Å²) in [6.45, 7) is 3.78. The van der Waals surface area contributed by atoms with Crippen LogP contribution in [0, 0.1) is 19.3 Å². The summed E-state index contributed by atoms with van der Waals surface area (Å²) in [5.74, 6) is 0.771. The summed E-state index contributed by atoms with van der Waals surface area (Å²) in [5.41, 5.74) is 8.95. The lowest BCUT2D eigenvalue weighted by atomic mass is 10.1. The maximum absolute atomic E-state index is 11.4. The maximum Gasteiger partial charge on any atom is 0.251 e. The molecule has 1 aromatic heterocycles. The van der Waals surface area contributed by atoms with Gasteiger partial charge in [0.25, 0.3) is 5.56 Å². The van der Waals surface area contributed by atoms with Crippen LogP contribution in [-0.4, -0.2) is 15.8 Å². The smallest absolute Gasteiger partial charge is 0.251 e. The van der Waals surface area contributed by atoms with Crippen LogP contribution in [0.2, 0.25) is 0 Å². The summed E-state index contributed by atoms with van der Waals surface area (Å²) >= 11 is 1.48. The molecule has 0 amide bonds. The van der Waals surface area contributed by atoms with Gasteiger partial charge in [-0.1, -0.05) is 23.9 Å². The monoisotopic (exact) mass is 288 g/mol. The minimum atomic E-state index is -0.136. The zero-order valence-electron chi connectivity index (χ0n) is 11.4. The third kappa shape index (κ3) is 3.48. The molecule has 0 aliphatic heterocycles. The number of nitrogens with one attached hydrogen (secondary N) is 2. The van der Waals surface area contributed by atoms with E-state index >= 15 is 0 Å². The molecule has 4 N–H and O–H groups in total. The van der Waals surface area contributed by atoms with Gasteiger partial charge in [-0.05, 0) is 31.0 Å². The number of aryl methyl sites for hydroxylation is 2. The highest BCUT2D eigenvalue weighted by Crippen LogP contribution is 2.21. The fourth-order valence-corrected chi connectivity index (χ4v) is 2.79. The molecule has 0 saturated heterocycles. The number of nitrogens with two attached hydrogens (primary N) is 1. The number of hydrogen-bond acceptors (Lipinski definition) is 4. The van der Waals surface area contributed by atoms with Crippen molar-refractivity contribution < 1.29 is 0 Å². The van der Waals surface area contributed by atoms with Crippen molar-refractivity contribution in [3.8, 4) is 0 Å². The number of aromatic nitrogens is 2. The first-order valence-corrected chi connectivity index (χ1v) is 7.09. The van der Waals surface area contributed by atoms with Crippen LogP contribution >= 0.6 is 11.8 Å². The summed E-state index contributed by atoms with van der Waals surface area (Å²) in [6.07, 6.45) is 0. The number of hydrogen-bond donors (Lipinski definition) is 3. The van der Waals surface area contributed by atoms with Gasteiger partial charge in [0.05, 0.1) is 0 Å². The number of thioether (sulfide) groups is 1. The van der Waals surface area contributed by atoms with Crippen LogP contribution in [0.15, 0.2) is 34.2 Å². The van der Waals surface area contributed by atoms with E-state index in [1.165, 1.54) is 17.8 Å². The van der Waals surface area contributed by atoms with Crippen LogP contribution in [0.1, 0.15) is 22.4 Å². The van der Waals surface area contributed by atoms with E-state index in [9.17, 15) is 4.79 Å². The molecule has 0 bridgehead atoms. The fourth-order valence-electron chi connectivity index (χ4n) is 1.79. The van der Waals surface area contributed by atoms with Crippen molar-refractivity contribution in [3.05, 3.63) is 57.0 Å². The normalized spacial score (nSPS) is 10.5. The molecular formula is C14H16N4OS. The van der Waals surface area contributed by atoms with Crippen LogP contribution in [0.25, 0.3) is 0 Å². The number of nitrogen functional groups attached to an aromatic ring is 1. The molecule has 1 aromatic carbocycles. The first-order valence-electron chi connectivity index (χ1n) is 6.10. The van der Waals surface area contributed by atoms with Crippen molar-refractivity contribution in [1.29, 1.82) is 5.41 Å². The summed E-state index contributed by atoms with van der Waals surface area (Å²) in [5, 5.41) is 8.02. The van der Waals surface area contributed by atoms with Crippen LogP contribution in [-0.2, 0) is 5.75 Å². The van der Waals surface area contributed by atoms with Crippen molar-refractivity contribution in [3.63, 3.8) is 0 Å². The average Bonchev–Trinajstić information content (AvgIpc) is 2.36. The Kier molecular flexibility index (Phi) is 4.24. The third-order valence-electron chi connectivity index (χ3n) is 2.87. The van der Waals surface area contributed by atoms with E-state index in [0.29, 0.717) is 16.6 Å². The van der Waals surface area contributed by atoms with E-state index in [1.54, 1.807) is 6.92 Å². The molecule has 0 fully saturated rings. The van der Waals surface area contributed by atoms with Gasteiger partial charge in [-0.2, -0.15) is 0 Å². The van der Waals surface area contributed by atoms with E-state index in [0.717, 1.165) is 16.7 Å². The minimum absolute atomic E-state index is 0.0667. The molecule has 104 valence electrons. The standard InChI is InChI=1S/C14H16N4OS/c1-8-5-10(13(15)16)3-4-11(8)7-20-14-17-9(2)6-12(19)18-14/h3-6H,7H2,1-2H3,(H3,15,16)(H,17,18,19). The zero-order chi connectivity index (χ0) is 14.7. The molecule has 0 saturated carbocycles. The predicted octanol–water partition coefficient (Wildman–Crippen LogP) is 1.96. The first kappa shape index (κ1) is 14.3. The minimum Gasteiger partial charge on any atom is -0.384 e. The predicted molar refractivity (Wildman–Crippen MR) is 81.4 cm³/mol. The number of rotatable bonds is 4. The Morgan fingerprint density at radius 2 is 2.15 bits per heavy atom. The molecule has 0 atom stereocenters. The lowest BCUT2D eigenvalue weighted by molar-refractivity contribution is 0.905. The largest absolute Gasteiger partial charge is 0.384 e. The van der Waals surface area contributed by atoms with Crippen LogP contribution in [0.3, 0.4) is 0 Å². The molecule has 0 aliphatic rings. The van der Waals surface area contributed by atoms with Gasteiger partial charge in [0, 0.05) is 23.1 Å². The number of benzene rings is 1. The Hall–Kier alpha value is -2.08. The zero-order valence-corrected chi connectivity index (χ0v) is 12.2. The molecule has 2 rings (SSSR count). The molecule has 5 nitrogen and oxygen atoms in total. The molecule has 2 aromatic rings. The van der Waals surface area contributed by atoms with Gasteiger partial charge >= 0.3 is 0 Å². The second kappa shape index (κ2) is 5.92. The lowest BCUT2D eigenvalue weighted by Crippen LogP contribution is -2.11. The Labute approximate surface area is 121 Å². The average molecular weight is 288 g/mol. The number of H-pyrrole nitrogens is 1. The Morgan fingerprint density at radius 3 is 2.75 bits per heavy atom. The van der Waals surface area contributed by atoms with Crippen molar-refractivity contribution in [1.82, 2.24) is 9.97 Å². The second-order valence-electron chi connectivity index (χ2n) is 4.54. The number of amidine groups is 1. The number of nitrogens with zero attached hydrogens (tertiary/aromatic N) is 1. The van der Waals surface area contributed by atoms with Crippen molar-refractivity contribution in [2.45, 2.75) is 24.8 Å². The summed E-state index contributed by atoms with van der Waals surface area (Å²) in [7, 11) is 0. The van der Waals surface area contributed by atoms with Crippen LogP contribution in [0.5, 0.6) is 0 Å². The van der Waals surface area contributed by atoms with Crippen molar-refractivity contribution in [2.24, 2.45) is 5.73 Å². The molecule has 0 aliphatic carbocycles. The molecule has 0 radical (unpaired) electrons. The SMILES string of the molecule is Cc1cc(=O)[nH]c(SCc2ccc(C(=N)N)cc2C)n1. The summed E-state index contributed by atoms with van der Waals surface area (Å²) in [4.78, 5) is 18.4. The van der Waals surface area contributed by atoms with Gasteiger partial charge in [-0.3, -0.25) is 10.2 Å². The Balaban J connectivity index is 2.14. The molecule has 20 heavy (non-hydrogen) atoms. The van der Waals surface area contributed by atoms with Gasteiger partial charge in [0.2, 0.25) is 0 Å². The molecular weight excluding hydrogens is 272 g/mol. The van der Waals surface area contributed by atoms with Crippen molar-refractivity contribution >= 4 is 17.6 Å². The number of aromatic amines is 1. The van der Waals surface area contributed by atoms with Gasteiger partial charge < -0.3 is 10.7 Å². The summed E-state index contributed by atoms with van der Waals surface area (Å²) < 4.78 is 0. The van der Waals surface area contributed by atoms with Crippen LogP contribution in [0.4, 0.5) is 0 Å². The van der Waals surface area contributed by atoms with Gasteiger partial charge in [-0.25, -0.2) is 4.98 Å². The first-order chi connectivity index (χ1) is 9.45. The highest BCUT2D eigenvalue weighted by Gasteiger charge is 2.05. The van der Waals surface area contributed by atoms with Gasteiger partial charge in [-0.15, -0.1) is 0 Å². The molecule has 0 spiro atoms. The Bertz CT molecular complexity index is 709. The Morgan fingerprint density at radius 1 is 1.40 bits per heavy atom. The topological polar surface area (TPSA) is 95.6 Å². The molecule has 1 heterocycles. The van der Waals surface area contributed by atoms with Gasteiger partial charge in [0.1, 0.15) is 5.84 Å². The quantitative estimate of drug-likeness (QED) is 0.347. The van der Waals surface area contributed by atoms with Crippen LogP contribution < -0.4 is 11.3 Å². The highest BCUT2D eigenvalue weighted by atomic mass is 32.2. The fraction of sp³-hybridized carbons (Fsp3) is 0.214. The van der Waals surface area contributed by atoms with E-state index in [4.69, 9.17) is 11.1 Å². The molecule has 0 unspecified atom stereocenters. The van der Waals surface area contributed by atoms with E-state index in [1.807, 2.05) is 25.1 Å². The van der Waals surface area contributed by atoms with E-state index < -0.39 is 0 Å². The maximum atomic E-state index is 11.4.